The molecular formula is C22H36O. The van der Waals surface area contributed by atoms with Gasteiger partial charge in [0.25, 0.3) is 0 Å². The van der Waals surface area contributed by atoms with E-state index < -0.39 is 0 Å². The van der Waals surface area contributed by atoms with Gasteiger partial charge in [-0.1, -0.05) is 33.6 Å². The van der Waals surface area contributed by atoms with E-state index in [1.165, 1.54) is 64.2 Å². The van der Waals surface area contributed by atoms with E-state index in [1.807, 2.05) is 6.92 Å². The number of fused-ring (bicyclic) bond motifs is 5. The summed E-state index contributed by atoms with van der Waals surface area (Å²) in [7, 11) is 0. The fourth-order valence-electron chi connectivity index (χ4n) is 8.27. The molecule has 130 valence electrons. The van der Waals surface area contributed by atoms with Crippen LogP contribution in [0.3, 0.4) is 0 Å². The third-order valence-corrected chi connectivity index (χ3v) is 9.83. The molecule has 0 spiro atoms. The summed E-state index contributed by atoms with van der Waals surface area (Å²) in [6.45, 7) is 9.60. The number of carbonyl (C=O) groups is 1. The van der Waals surface area contributed by atoms with Crippen LogP contribution in [0.5, 0.6) is 0 Å². The van der Waals surface area contributed by atoms with Crippen molar-refractivity contribution in [1.29, 1.82) is 0 Å². The molecule has 1 heteroatoms. The zero-order valence-corrected chi connectivity index (χ0v) is 15.8. The molecule has 0 bridgehead atoms. The molecule has 4 saturated carbocycles. The summed E-state index contributed by atoms with van der Waals surface area (Å²) in [6.07, 6.45) is 13.9. The van der Waals surface area contributed by atoms with Crippen LogP contribution >= 0.6 is 0 Å². The van der Waals surface area contributed by atoms with Gasteiger partial charge >= 0.3 is 0 Å². The van der Waals surface area contributed by atoms with Crippen molar-refractivity contribution in [3.63, 3.8) is 0 Å². The van der Waals surface area contributed by atoms with Crippen molar-refractivity contribution in [2.45, 2.75) is 91.9 Å². The summed E-state index contributed by atoms with van der Waals surface area (Å²) in [5.41, 5.74) is 1.49. The predicted molar refractivity (Wildman–Crippen MR) is 95.1 cm³/mol. The van der Waals surface area contributed by atoms with Gasteiger partial charge in [0.15, 0.2) is 0 Å². The Morgan fingerprint density at radius 2 is 1.57 bits per heavy atom. The lowest BCUT2D eigenvalue weighted by Gasteiger charge is -2.64. The topological polar surface area (TPSA) is 17.1 Å². The first-order valence-corrected chi connectivity index (χ1v) is 10.3. The highest BCUT2D eigenvalue weighted by molar-refractivity contribution is 5.79. The third kappa shape index (κ3) is 2.00. The number of Topliss-reactive ketones (excluding diaryl/α,β-unsaturated/α-hetero) is 1. The van der Waals surface area contributed by atoms with Crippen molar-refractivity contribution >= 4 is 5.78 Å². The van der Waals surface area contributed by atoms with Crippen LogP contribution in [0.1, 0.15) is 91.9 Å². The van der Waals surface area contributed by atoms with Gasteiger partial charge in [-0.3, -0.25) is 4.79 Å². The maximum absolute atomic E-state index is 12.2. The van der Waals surface area contributed by atoms with Gasteiger partial charge in [-0.2, -0.15) is 0 Å². The predicted octanol–water partition coefficient (Wildman–Crippen LogP) is 6.01. The smallest absolute Gasteiger partial charge is 0.133 e. The highest BCUT2D eigenvalue weighted by Gasteiger charge is 2.62. The minimum Gasteiger partial charge on any atom is -0.300 e. The molecule has 4 aliphatic rings. The first kappa shape index (κ1) is 16.2. The van der Waals surface area contributed by atoms with E-state index in [0.717, 1.165) is 17.8 Å². The van der Waals surface area contributed by atoms with E-state index in [9.17, 15) is 4.79 Å². The molecule has 4 aliphatic carbocycles. The Kier molecular flexibility index (Phi) is 3.57. The van der Waals surface area contributed by atoms with Crippen LogP contribution in [0.4, 0.5) is 0 Å². The van der Waals surface area contributed by atoms with Crippen molar-refractivity contribution < 1.29 is 4.79 Å². The molecule has 0 N–H and O–H groups in total. The fourth-order valence-corrected chi connectivity index (χ4v) is 8.27. The highest BCUT2D eigenvalue weighted by atomic mass is 16.1. The van der Waals surface area contributed by atoms with Crippen molar-refractivity contribution in [2.75, 3.05) is 0 Å². The molecule has 7 atom stereocenters. The van der Waals surface area contributed by atoms with E-state index in [4.69, 9.17) is 0 Å². The summed E-state index contributed by atoms with van der Waals surface area (Å²) < 4.78 is 0. The lowest BCUT2D eigenvalue weighted by molar-refractivity contribution is -0.155. The van der Waals surface area contributed by atoms with Crippen LogP contribution in [0.15, 0.2) is 0 Å². The van der Waals surface area contributed by atoms with Gasteiger partial charge in [0.2, 0.25) is 0 Å². The maximum Gasteiger partial charge on any atom is 0.133 e. The summed E-state index contributed by atoms with van der Waals surface area (Å²) in [5.74, 6) is 3.51. The quantitative estimate of drug-likeness (QED) is 0.578. The fraction of sp³-hybridized carbons (Fsp3) is 0.955. The molecule has 0 aliphatic heterocycles. The zero-order valence-electron chi connectivity index (χ0n) is 15.8. The minimum atomic E-state index is 0.325. The standard InChI is InChI=1S/C22H36O/c1-15(23)17-7-8-18-16-9-13-20(2)11-5-6-12-22(20,4)19(16)10-14-21(17,18)3/h16-19H,5-14H2,1-4H3. The van der Waals surface area contributed by atoms with Crippen LogP contribution in [-0.2, 0) is 4.79 Å². The summed E-state index contributed by atoms with van der Waals surface area (Å²) in [5, 5.41) is 0. The van der Waals surface area contributed by atoms with Crippen molar-refractivity contribution in [2.24, 2.45) is 39.9 Å². The van der Waals surface area contributed by atoms with Gasteiger partial charge in [0, 0.05) is 5.92 Å². The first-order chi connectivity index (χ1) is 10.8. The van der Waals surface area contributed by atoms with Gasteiger partial charge in [-0.25, -0.2) is 0 Å². The Morgan fingerprint density at radius 1 is 0.826 bits per heavy atom. The molecule has 0 aromatic heterocycles. The Morgan fingerprint density at radius 3 is 2.30 bits per heavy atom. The van der Waals surface area contributed by atoms with Gasteiger partial charge in [-0.15, -0.1) is 0 Å². The lowest BCUT2D eigenvalue weighted by Crippen LogP contribution is -2.56. The monoisotopic (exact) mass is 316 g/mol. The van der Waals surface area contributed by atoms with E-state index in [1.54, 1.807) is 0 Å². The molecule has 0 saturated heterocycles. The minimum absolute atomic E-state index is 0.325. The van der Waals surface area contributed by atoms with E-state index >= 15 is 0 Å². The van der Waals surface area contributed by atoms with Crippen molar-refractivity contribution in [3.05, 3.63) is 0 Å². The van der Waals surface area contributed by atoms with Crippen LogP contribution in [-0.4, -0.2) is 5.78 Å². The molecule has 0 aromatic rings. The summed E-state index contributed by atoms with van der Waals surface area (Å²) in [4.78, 5) is 12.2. The normalized spacial score (nSPS) is 55.7. The number of carbonyl (C=O) groups excluding carboxylic acids is 1. The van der Waals surface area contributed by atoms with Crippen LogP contribution in [0.2, 0.25) is 0 Å². The molecule has 0 aromatic carbocycles. The third-order valence-electron chi connectivity index (χ3n) is 9.83. The number of rotatable bonds is 1. The summed E-state index contributed by atoms with van der Waals surface area (Å²) >= 11 is 0. The average molecular weight is 317 g/mol. The van der Waals surface area contributed by atoms with E-state index in [-0.39, 0.29) is 0 Å². The average Bonchev–Trinajstić information content (AvgIpc) is 2.85. The van der Waals surface area contributed by atoms with Crippen molar-refractivity contribution in [1.82, 2.24) is 0 Å². The Bertz CT molecular complexity index is 510. The molecule has 0 amide bonds. The number of ketones is 1. The first-order valence-electron chi connectivity index (χ1n) is 10.3. The SMILES string of the molecule is CC(=O)C1CCC2C3CCC4(C)CCCCC4(C)C3CCC12C. The second kappa shape index (κ2) is 5.09. The maximum atomic E-state index is 12.2. The second-order valence-corrected chi connectivity index (χ2v) is 10.4. The molecule has 1 nitrogen and oxygen atoms in total. The molecule has 4 fully saturated rings. The van der Waals surface area contributed by atoms with Crippen LogP contribution in [0, 0.1) is 39.9 Å². The van der Waals surface area contributed by atoms with E-state index in [0.29, 0.717) is 27.9 Å². The molecule has 7 unspecified atom stereocenters. The van der Waals surface area contributed by atoms with Gasteiger partial charge in [0.05, 0.1) is 0 Å². The van der Waals surface area contributed by atoms with Crippen LogP contribution < -0.4 is 0 Å². The van der Waals surface area contributed by atoms with Gasteiger partial charge in [0.1, 0.15) is 5.78 Å². The van der Waals surface area contributed by atoms with Crippen LogP contribution in [0.25, 0.3) is 0 Å². The molecule has 23 heavy (non-hydrogen) atoms. The Hall–Kier alpha value is -0.330. The molecule has 0 radical (unpaired) electrons. The second-order valence-electron chi connectivity index (χ2n) is 10.4. The summed E-state index contributed by atoms with van der Waals surface area (Å²) in [6, 6.07) is 0. The highest BCUT2D eigenvalue weighted by Crippen LogP contribution is 2.70. The number of hydrogen-bond donors (Lipinski definition) is 0. The Balaban J connectivity index is 1.66. The zero-order chi connectivity index (χ0) is 16.5. The van der Waals surface area contributed by atoms with E-state index in [2.05, 4.69) is 20.8 Å². The lowest BCUT2D eigenvalue weighted by atomic mass is 9.40. The Labute approximate surface area is 143 Å². The van der Waals surface area contributed by atoms with Crippen molar-refractivity contribution in [3.8, 4) is 0 Å². The molecule has 0 heterocycles. The molecule has 4 rings (SSSR count). The largest absolute Gasteiger partial charge is 0.300 e. The number of hydrogen-bond acceptors (Lipinski definition) is 1. The van der Waals surface area contributed by atoms with Gasteiger partial charge in [-0.05, 0) is 92.3 Å². The molecular weight excluding hydrogens is 280 g/mol. The van der Waals surface area contributed by atoms with Gasteiger partial charge < -0.3 is 0 Å².